The first-order valence-electron chi connectivity index (χ1n) is 6.33. The lowest BCUT2D eigenvalue weighted by molar-refractivity contribution is 0.0357. The fourth-order valence-electron chi connectivity index (χ4n) is 3.36. The van der Waals surface area contributed by atoms with Crippen LogP contribution in [0.2, 0.25) is 0 Å². The van der Waals surface area contributed by atoms with Crippen LogP contribution in [0.1, 0.15) is 24.5 Å². The maximum absolute atomic E-state index is 10.7. The summed E-state index contributed by atoms with van der Waals surface area (Å²) in [4.78, 5) is 0. The van der Waals surface area contributed by atoms with Crippen LogP contribution in [0.15, 0.2) is 54.1 Å². The SMILES string of the molecule is CC12C=CC3=C(CC(O)(C=C3)N1)c1ccccc12. The van der Waals surface area contributed by atoms with Gasteiger partial charge in [0.15, 0.2) is 0 Å². The van der Waals surface area contributed by atoms with Gasteiger partial charge in [-0.1, -0.05) is 42.5 Å². The third-order valence-corrected chi connectivity index (χ3v) is 4.22. The molecule has 0 fully saturated rings. The monoisotopic (exact) mass is 237 g/mol. The van der Waals surface area contributed by atoms with Gasteiger partial charge in [0.1, 0.15) is 5.72 Å². The molecular weight excluding hydrogens is 222 g/mol. The third-order valence-electron chi connectivity index (χ3n) is 4.22. The molecule has 0 saturated heterocycles. The molecule has 3 bridgehead atoms. The molecule has 18 heavy (non-hydrogen) atoms. The van der Waals surface area contributed by atoms with Crippen LogP contribution in [-0.4, -0.2) is 10.8 Å². The number of hydrogen-bond donors (Lipinski definition) is 2. The van der Waals surface area contributed by atoms with Gasteiger partial charge in [0, 0.05) is 6.42 Å². The highest BCUT2D eigenvalue weighted by atomic mass is 16.3. The minimum atomic E-state index is -0.933. The van der Waals surface area contributed by atoms with Crippen LogP contribution in [0.5, 0.6) is 0 Å². The number of fused-ring (bicyclic) bond motifs is 1. The van der Waals surface area contributed by atoms with Crippen LogP contribution in [0, 0.1) is 0 Å². The van der Waals surface area contributed by atoms with Crippen molar-refractivity contribution in [2.75, 3.05) is 0 Å². The highest BCUT2D eigenvalue weighted by molar-refractivity contribution is 5.80. The molecule has 2 atom stereocenters. The standard InChI is InChI=1S/C16H15NO/c1-15-8-6-11-7-9-16(18,17-15)10-13(11)12-4-2-3-5-14(12)15/h2-9,17-18H,10H2,1H3. The van der Waals surface area contributed by atoms with Gasteiger partial charge in [-0.25, -0.2) is 0 Å². The van der Waals surface area contributed by atoms with Gasteiger partial charge in [-0.05, 0) is 35.3 Å². The normalized spacial score (nSPS) is 35.7. The van der Waals surface area contributed by atoms with Crippen LogP contribution in [0.25, 0.3) is 5.57 Å². The molecule has 2 aliphatic carbocycles. The molecule has 2 unspecified atom stereocenters. The summed E-state index contributed by atoms with van der Waals surface area (Å²) in [5.74, 6) is 0. The molecule has 90 valence electrons. The Bertz CT molecular complexity index is 640. The van der Waals surface area contributed by atoms with E-state index in [1.807, 2.05) is 12.2 Å². The molecule has 0 spiro atoms. The van der Waals surface area contributed by atoms with E-state index in [0.29, 0.717) is 6.42 Å². The Hall–Kier alpha value is -1.64. The smallest absolute Gasteiger partial charge is 0.140 e. The summed E-state index contributed by atoms with van der Waals surface area (Å²) in [6, 6.07) is 8.43. The molecule has 2 N–H and O–H groups in total. The summed E-state index contributed by atoms with van der Waals surface area (Å²) in [6.45, 7) is 2.12. The molecule has 2 heteroatoms. The van der Waals surface area contributed by atoms with Crippen molar-refractivity contribution < 1.29 is 5.11 Å². The molecule has 3 aliphatic rings. The summed E-state index contributed by atoms with van der Waals surface area (Å²) in [5.41, 5.74) is 3.70. The van der Waals surface area contributed by atoms with E-state index in [0.717, 1.165) is 0 Å². The predicted octanol–water partition coefficient (Wildman–Crippen LogP) is 2.48. The number of aliphatic hydroxyl groups is 1. The Labute approximate surface area is 106 Å². The molecule has 1 heterocycles. The van der Waals surface area contributed by atoms with Crippen LogP contribution >= 0.6 is 0 Å². The zero-order valence-electron chi connectivity index (χ0n) is 10.3. The van der Waals surface area contributed by atoms with E-state index < -0.39 is 5.72 Å². The second kappa shape index (κ2) is 3.02. The van der Waals surface area contributed by atoms with E-state index in [4.69, 9.17) is 0 Å². The molecule has 4 rings (SSSR count). The van der Waals surface area contributed by atoms with Crippen molar-refractivity contribution in [1.82, 2.24) is 5.32 Å². The van der Waals surface area contributed by atoms with Gasteiger partial charge < -0.3 is 5.11 Å². The second-order valence-electron chi connectivity index (χ2n) is 5.57. The Morgan fingerprint density at radius 2 is 1.94 bits per heavy atom. The van der Waals surface area contributed by atoms with Gasteiger partial charge in [-0.2, -0.15) is 0 Å². The molecule has 0 radical (unpaired) electrons. The molecule has 1 aromatic rings. The minimum absolute atomic E-state index is 0.320. The molecular formula is C16H15NO. The van der Waals surface area contributed by atoms with Gasteiger partial charge in [0.05, 0.1) is 5.54 Å². The fraction of sp³-hybridized carbons (Fsp3) is 0.250. The van der Waals surface area contributed by atoms with Gasteiger partial charge >= 0.3 is 0 Å². The first-order valence-corrected chi connectivity index (χ1v) is 6.33. The Kier molecular flexibility index (Phi) is 1.73. The van der Waals surface area contributed by atoms with Crippen molar-refractivity contribution in [3.8, 4) is 0 Å². The molecule has 1 aromatic carbocycles. The van der Waals surface area contributed by atoms with Gasteiger partial charge in [0.25, 0.3) is 0 Å². The first-order chi connectivity index (χ1) is 8.60. The van der Waals surface area contributed by atoms with Crippen molar-refractivity contribution >= 4 is 5.57 Å². The molecule has 0 aromatic heterocycles. The number of benzene rings is 1. The van der Waals surface area contributed by atoms with Crippen LogP contribution in [0.4, 0.5) is 0 Å². The summed E-state index contributed by atoms with van der Waals surface area (Å²) >= 11 is 0. The van der Waals surface area contributed by atoms with Crippen molar-refractivity contribution in [3.63, 3.8) is 0 Å². The summed E-state index contributed by atoms with van der Waals surface area (Å²) in [7, 11) is 0. The highest BCUT2D eigenvalue weighted by Gasteiger charge is 2.43. The molecule has 0 amide bonds. The average Bonchev–Trinajstić information content (AvgIpc) is 2.50. The summed E-state index contributed by atoms with van der Waals surface area (Å²) < 4.78 is 0. The second-order valence-corrected chi connectivity index (χ2v) is 5.57. The molecule has 0 saturated carbocycles. The summed E-state index contributed by atoms with van der Waals surface area (Å²) in [5, 5.41) is 14.1. The van der Waals surface area contributed by atoms with E-state index >= 15 is 0 Å². The van der Waals surface area contributed by atoms with Gasteiger partial charge in [-0.15, -0.1) is 0 Å². The van der Waals surface area contributed by atoms with Crippen LogP contribution < -0.4 is 5.32 Å². The van der Waals surface area contributed by atoms with Gasteiger partial charge in [0.2, 0.25) is 0 Å². The first kappa shape index (κ1) is 10.3. The maximum atomic E-state index is 10.7. The Morgan fingerprint density at radius 1 is 1.17 bits per heavy atom. The minimum Gasteiger partial charge on any atom is -0.372 e. The van der Waals surface area contributed by atoms with Crippen molar-refractivity contribution in [2.45, 2.75) is 24.6 Å². The zero-order chi connectivity index (χ0) is 12.4. The van der Waals surface area contributed by atoms with Gasteiger partial charge in [-0.3, -0.25) is 5.32 Å². The Balaban J connectivity index is 2.13. The van der Waals surface area contributed by atoms with E-state index in [9.17, 15) is 5.11 Å². The quantitative estimate of drug-likeness (QED) is 0.726. The largest absolute Gasteiger partial charge is 0.372 e. The maximum Gasteiger partial charge on any atom is 0.140 e. The molecule has 2 nitrogen and oxygen atoms in total. The van der Waals surface area contributed by atoms with Crippen molar-refractivity contribution in [2.24, 2.45) is 0 Å². The predicted molar refractivity (Wildman–Crippen MR) is 71.7 cm³/mol. The third kappa shape index (κ3) is 1.19. The summed E-state index contributed by atoms with van der Waals surface area (Å²) in [6.07, 6.45) is 8.85. The lowest BCUT2D eigenvalue weighted by Crippen LogP contribution is -2.53. The van der Waals surface area contributed by atoms with E-state index in [1.54, 1.807) is 0 Å². The number of hydrogen-bond acceptors (Lipinski definition) is 2. The topological polar surface area (TPSA) is 32.3 Å². The highest BCUT2D eigenvalue weighted by Crippen LogP contribution is 2.45. The number of allylic oxidation sites excluding steroid dienone is 3. The Morgan fingerprint density at radius 3 is 2.83 bits per heavy atom. The fourth-order valence-corrected chi connectivity index (χ4v) is 3.36. The van der Waals surface area contributed by atoms with Crippen molar-refractivity contribution in [1.29, 1.82) is 0 Å². The number of rotatable bonds is 0. The molecule has 1 aliphatic heterocycles. The lowest BCUT2D eigenvalue weighted by Gasteiger charge is -2.37. The van der Waals surface area contributed by atoms with Crippen LogP contribution in [0.3, 0.4) is 0 Å². The average molecular weight is 237 g/mol. The lowest BCUT2D eigenvalue weighted by atomic mass is 9.87. The van der Waals surface area contributed by atoms with E-state index in [-0.39, 0.29) is 5.54 Å². The van der Waals surface area contributed by atoms with Crippen LogP contribution in [-0.2, 0) is 5.54 Å². The number of nitrogens with one attached hydrogen (secondary N) is 1. The van der Waals surface area contributed by atoms with Crippen molar-refractivity contribution in [3.05, 3.63) is 65.3 Å². The van der Waals surface area contributed by atoms with E-state index in [1.165, 1.54) is 22.3 Å². The zero-order valence-corrected chi connectivity index (χ0v) is 10.3. The van der Waals surface area contributed by atoms with E-state index in [2.05, 4.69) is 48.7 Å².